The number of hydrogen-bond donors (Lipinski definition) is 1. The molecule has 1 aromatic carbocycles. The first-order chi connectivity index (χ1) is 17.5. The summed E-state index contributed by atoms with van der Waals surface area (Å²) in [6.45, 7) is 6.34. The van der Waals surface area contributed by atoms with E-state index in [4.69, 9.17) is 9.47 Å². The Labute approximate surface area is 216 Å². The third kappa shape index (κ3) is 7.61. The highest BCUT2D eigenvalue weighted by Crippen LogP contribution is 2.29. The van der Waals surface area contributed by atoms with Crippen molar-refractivity contribution in [1.29, 1.82) is 0 Å². The first-order valence-corrected chi connectivity index (χ1v) is 14.1. The van der Waals surface area contributed by atoms with Gasteiger partial charge in [-0.25, -0.2) is 0 Å². The van der Waals surface area contributed by atoms with Crippen molar-refractivity contribution in [2.75, 3.05) is 39.9 Å². The summed E-state index contributed by atoms with van der Waals surface area (Å²) in [6, 6.07) is 6.68. The molecule has 0 radical (unpaired) electrons. The van der Waals surface area contributed by atoms with Crippen molar-refractivity contribution in [3.63, 3.8) is 0 Å². The highest BCUT2D eigenvalue weighted by Gasteiger charge is 2.28. The molecule has 3 aliphatic rings. The van der Waals surface area contributed by atoms with Crippen molar-refractivity contribution in [2.45, 2.75) is 89.6 Å². The van der Waals surface area contributed by atoms with Crippen LogP contribution < -0.4 is 14.8 Å². The molecule has 0 bridgehead atoms. The summed E-state index contributed by atoms with van der Waals surface area (Å²) < 4.78 is 11.4. The molecule has 1 aromatic rings. The van der Waals surface area contributed by atoms with Gasteiger partial charge in [0.05, 0.1) is 7.11 Å². The highest BCUT2D eigenvalue weighted by atomic mass is 16.5. The summed E-state index contributed by atoms with van der Waals surface area (Å²) in [6.07, 6.45) is 11.7. The van der Waals surface area contributed by atoms with Crippen LogP contribution >= 0.6 is 0 Å². The van der Waals surface area contributed by atoms with E-state index < -0.39 is 0 Å². The highest BCUT2D eigenvalue weighted by molar-refractivity contribution is 5.78. The minimum absolute atomic E-state index is 0.0203. The molecule has 2 heterocycles. The quantitative estimate of drug-likeness (QED) is 0.552. The Morgan fingerprint density at radius 3 is 2.36 bits per heavy atom. The molecular formula is C29H45N3O4. The van der Waals surface area contributed by atoms with Gasteiger partial charge < -0.3 is 24.6 Å². The Morgan fingerprint density at radius 2 is 1.67 bits per heavy atom. The molecule has 0 unspecified atom stereocenters. The van der Waals surface area contributed by atoms with Gasteiger partial charge in [0.15, 0.2) is 18.1 Å². The molecule has 2 saturated heterocycles. The van der Waals surface area contributed by atoms with Gasteiger partial charge in [0, 0.05) is 31.6 Å². The van der Waals surface area contributed by atoms with Gasteiger partial charge in [0.25, 0.3) is 5.91 Å². The zero-order valence-electron chi connectivity index (χ0n) is 22.3. The van der Waals surface area contributed by atoms with E-state index in [-0.39, 0.29) is 18.4 Å². The number of likely N-dealkylation sites (tertiary alicyclic amines) is 2. The van der Waals surface area contributed by atoms with Gasteiger partial charge in [-0.2, -0.15) is 0 Å². The van der Waals surface area contributed by atoms with Crippen LogP contribution in [0.15, 0.2) is 18.2 Å². The molecule has 2 aliphatic heterocycles. The molecule has 200 valence electrons. The molecule has 0 atom stereocenters. The molecule has 1 N–H and O–H groups in total. The summed E-state index contributed by atoms with van der Waals surface area (Å²) in [5.74, 6) is 2.10. The van der Waals surface area contributed by atoms with Crippen LogP contribution in [0.1, 0.15) is 76.7 Å². The minimum atomic E-state index is 0.0203. The van der Waals surface area contributed by atoms with Gasteiger partial charge in [0.1, 0.15) is 0 Å². The van der Waals surface area contributed by atoms with E-state index in [1.54, 1.807) is 7.11 Å². The number of rotatable bonds is 9. The van der Waals surface area contributed by atoms with Crippen LogP contribution in [0, 0.1) is 5.92 Å². The average molecular weight is 500 g/mol. The minimum Gasteiger partial charge on any atom is -0.493 e. The fourth-order valence-corrected chi connectivity index (χ4v) is 5.94. The lowest BCUT2D eigenvalue weighted by Crippen LogP contribution is -2.49. The number of ether oxygens (including phenoxy) is 2. The normalized spacial score (nSPS) is 23.8. The summed E-state index contributed by atoms with van der Waals surface area (Å²) in [4.78, 5) is 29.8. The average Bonchev–Trinajstić information content (AvgIpc) is 2.92. The maximum Gasteiger partial charge on any atom is 0.260 e. The Balaban J connectivity index is 1.19. The lowest BCUT2D eigenvalue weighted by molar-refractivity contribution is -0.135. The van der Waals surface area contributed by atoms with Crippen molar-refractivity contribution in [2.24, 2.45) is 5.92 Å². The van der Waals surface area contributed by atoms with E-state index in [9.17, 15) is 9.59 Å². The van der Waals surface area contributed by atoms with E-state index in [2.05, 4.69) is 17.1 Å². The first-order valence-electron chi connectivity index (χ1n) is 14.1. The van der Waals surface area contributed by atoms with Crippen molar-refractivity contribution >= 4 is 11.8 Å². The lowest BCUT2D eigenvalue weighted by atomic mass is 9.87. The molecule has 4 rings (SSSR count). The molecule has 0 spiro atoms. The summed E-state index contributed by atoms with van der Waals surface area (Å²) >= 11 is 0. The second-order valence-electron chi connectivity index (χ2n) is 11.0. The van der Waals surface area contributed by atoms with Crippen molar-refractivity contribution in [3.05, 3.63) is 23.8 Å². The lowest BCUT2D eigenvalue weighted by Gasteiger charge is -2.40. The molecule has 0 aromatic heterocycles. The zero-order chi connectivity index (χ0) is 25.3. The standard InChI is InChI=1S/C29H45N3O4/c1-22-6-10-24(11-7-22)30-28(33)13-9-23-8-12-26(27(20-23)35-2)36-21-29(34)32-18-14-25(15-19-32)31-16-4-3-5-17-31/h8,12,20,22,24-25H,3-7,9-11,13-19,21H2,1-2H3,(H,30,33). The van der Waals surface area contributed by atoms with E-state index >= 15 is 0 Å². The maximum atomic E-state index is 12.8. The monoisotopic (exact) mass is 499 g/mol. The number of nitrogens with one attached hydrogen (secondary N) is 1. The fourth-order valence-electron chi connectivity index (χ4n) is 5.94. The van der Waals surface area contributed by atoms with Gasteiger partial charge in [-0.05, 0) is 94.5 Å². The Morgan fingerprint density at radius 1 is 0.944 bits per heavy atom. The van der Waals surface area contributed by atoms with E-state index in [1.165, 1.54) is 45.2 Å². The summed E-state index contributed by atoms with van der Waals surface area (Å²) in [5, 5.41) is 3.20. The Hall–Kier alpha value is -2.28. The number of amides is 2. The number of piperidine rings is 2. The summed E-state index contributed by atoms with van der Waals surface area (Å²) in [5.41, 5.74) is 1.03. The van der Waals surface area contributed by atoms with Gasteiger partial charge in [0.2, 0.25) is 5.91 Å². The molecule has 7 heteroatoms. The number of carbonyl (C=O) groups is 2. The third-order valence-electron chi connectivity index (χ3n) is 8.33. The van der Waals surface area contributed by atoms with Gasteiger partial charge >= 0.3 is 0 Å². The smallest absolute Gasteiger partial charge is 0.260 e. The van der Waals surface area contributed by atoms with Crippen LogP contribution in [-0.2, 0) is 16.0 Å². The van der Waals surface area contributed by atoms with Gasteiger partial charge in [-0.1, -0.05) is 19.4 Å². The molecule has 1 saturated carbocycles. The van der Waals surface area contributed by atoms with Gasteiger partial charge in [-0.15, -0.1) is 0 Å². The topological polar surface area (TPSA) is 71.1 Å². The first kappa shape index (κ1) is 26.8. The predicted molar refractivity (Wildman–Crippen MR) is 141 cm³/mol. The fraction of sp³-hybridized carbons (Fsp3) is 0.724. The maximum absolute atomic E-state index is 12.8. The SMILES string of the molecule is COc1cc(CCC(=O)NC2CCC(C)CC2)ccc1OCC(=O)N1CCC(N2CCCCC2)CC1. The number of nitrogens with zero attached hydrogens (tertiary/aromatic N) is 2. The van der Waals surface area contributed by atoms with Crippen LogP contribution in [-0.4, -0.2) is 73.6 Å². The molecule has 1 aliphatic carbocycles. The number of methoxy groups -OCH3 is 1. The van der Waals surface area contributed by atoms with E-state index in [0.29, 0.717) is 36.4 Å². The van der Waals surface area contributed by atoms with E-state index in [1.807, 2.05) is 23.1 Å². The van der Waals surface area contributed by atoms with Crippen molar-refractivity contribution in [1.82, 2.24) is 15.1 Å². The predicted octanol–water partition coefficient (Wildman–Crippen LogP) is 4.18. The Bertz CT molecular complexity index is 854. The van der Waals surface area contributed by atoms with Crippen molar-refractivity contribution in [3.8, 4) is 11.5 Å². The van der Waals surface area contributed by atoms with Gasteiger partial charge in [-0.3, -0.25) is 9.59 Å². The molecule has 3 fully saturated rings. The van der Waals surface area contributed by atoms with Crippen LogP contribution in [0.3, 0.4) is 0 Å². The second-order valence-corrected chi connectivity index (χ2v) is 11.0. The Kier molecular flexibility index (Phi) is 9.90. The largest absolute Gasteiger partial charge is 0.493 e. The number of hydrogen-bond acceptors (Lipinski definition) is 5. The van der Waals surface area contributed by atoms with Crippen LogP contribution in [0.25, 0.3) is 0 Å². The summed E-state index contributed by atoms with van der Waals surface area (Å²) in [7, 11) is 1.61. The number of carbonyl (C=O) groups excluding carboxylic acids is 2. The van der Waals surface area contributed by atoms with E-state index in [0.717, 1.165) is 50.3 Å². The molecular weight excluding hydrogens is 454 g/mol. The molecule has 2 amide bonds. The van der Waals surface area contributed by atoms with Crippen LogP contribution in [0.4, 0.5) is 0 Å². The second kappa shape index (κ2) is 13.3. The van der Waals surface area contributed by atoms with Crippen LogP contribution in [0.5, 0.6) is 11.5 Å². The molecule has 7 nitrogen and oxygen atoms in total. The number of benzene rings is 1. The number of aryl methyl sites for hydroxylation is 1. The third-order valence-corrected chi connectivity index (χ3v) is 8.33. The van der Waals surface area contributed by atoms with Crippen molar-refractivity contribution < 1.29 is 19.1 Å². The zero-order valence-corrected chi connectivity index (χ0v) is 22.3. The van der Waals surface area contributed by atoms with Crippen LogP contribution in [0.2, 0.25) is 0 Å². The molecule has 36 heavy (non-hydrogen) atoms.